The van der Waals surface area contributed by atoms with Crippen molar-refractivity contribution < 1.29 is 28.6 Å². The lowest BCUT2D eigenvalue weighted by Gasteiger charge is -2.05. The minimum atomic E-state index is -0.211. The largest absolute Gasteiger partial charge is 0.466 e. The Balaban J connectivity index is -0.000000602. The molecule has 0 atom stereocenters. The molecule has 6 nitrogen and oxygen atoms in total. The second-order valence-corrected chi connectivity index (χ2v) is 17.6. The first kappa shape index (κ1) is 62.7. The molecule has 0 N–H and O–H groups in total. The van der Waals surface area contributed by atoms with Gasteiger partial charge in [-0.3, -0.25) is 14.4 Å². The highest BCUT2D eigenvalue weighted by atomic mass is 16.5. The third-order valence-corrected chi connectivity index (χ3v) is 11.5. The molecule has 7 aliphatic rings. The summed E-state index contributed by atoms with van der Waals surface area (Å²) in [6, 6.07) is 0. The fraction of sp³-hybridized carbons (Fsp3) is 0.944. The Morgan fingerprint density at radius 3 is 0.300 bits per heavy atom. The molecule has 0 amide bonds. The lowest BCUT2D eigenvalue weighted by molar-refractivity contribution is -0.141. The second kappa shape index (κ2) is 59.5. The number of esters is 3. The van der Waals surface area contributed by atoms with Crippen LogP contribution in [0, 0.1) is 0 Å². The normalized spacial score (nSPS) is 19.1. The van der Waals surface area contributed by atoms with E-state index in [0.717, 1.165) is 0 Å². The smallest absolute Gasteiger partial charge is 0.302 e. The summed E-state index contributed by atoms with van der Waals surface area (Å²) in [6.45, 7) is 11.0. The van der Waals surface area contributed by atoms with E-state index in [-0.39, 0.29) is 17.9 Å². The van der Waals surface area contributed by atoms with E-state index in [9.17, 15) is 14.4 Å². The molecule has 7 rings (SSSR count). The average molecular weight is 853 g/mol. The van der Waals surface area contributed by atoms with Crippen molar-refractivity contribution in [3.05, 3.63) is 0 Å². The van der Waals surface area contributed by atoms with Crippen LogP contribution in [0.5, 0.6) is 0 Å². The highest BCUT2D eigenvalue weighted by Gasteiger charge is 1.99. The fourth-order valence-corrected chi connectivity index (χ4v) is 8.03. The van der Waals surface area contributed by atoms with Gasteiger partial charge in [-0.1, -0.05) is 270 Å². The van der Waals surface area contributed by atoms with Crippen LogP contribution in [-0.4, -0.2) is 37.7 Å². The Hall–Kier alpha value is -1.59. The van der Waals surface area contributed by atoms with Gasteiger partial charge in [0.25, 0.3) is 0 Å². The predicted molar refractivity (Wildman–Crippen MR) is 261 cm³/mol. The maximum Gasteiger partial charge on any atom is 0.302 e. The average Bonchev–Trinajstić information content (AvgIpc) is 3.32. The molecule has 0 aromatic rings. The Morgan fingerprint density at radius 2 is 0.283 bits per heavy atom. The first-order chi connectivity index (χ1) is 29.3. The summed E-state index contributed by atoms with van der Waals surface area (Å²) in [7, 11) is 0. The zero-order valence-corrected chi connectivity index (χ0v) is 41.8. The van der Waals surface area contributed by atoms with Crippen LogP contribution in [0.1, 0.15) is 311 Å². The molecule has 7 fully saturated rings. The molecule has 0 heterocycles. The molecule has 0 unspecified atom stereocenters. The predicted octanol–water partition coefficient (Wildman–Crippen LogP) is 18.1. The molecule has 60 heavy (non-hydrogen) atoms. The van der Waals surface area contributed by atoms with Gasteiger partial charge in [0, 0.05) is 20.8 Å². The highest BCUT2D eigenvalue weighted by molar-refractivity contribution is 5.66. The SMILES string of the molecule is C1CCCCC1.C1CCCCC1.C1CCCCC1.C1CCCCC1.C1CCCCC1.C1CCCCC1.C1CCCCC1.CCOC(C)=O.CCOC(C)=O.CCOC(C)=O. The van der Waals surface area contributed by atoms with Crippen LogP contribution in [0.4, 0.5) is 0 Å². The van der Waals surface area contributed by atoms with Crippen LogP contribution in [0.3, 0.4) is 0 Å². The van der Waals surface area contributed by atoms with E-state index in [1.165, 1.54) is 290 Å². The fourth-order valence-electron chi connectivity index (χ4n) is 8.03. The molecule has 0 saturated heterocycles. The van der Waals surface area contributed by atoms with E-state index in [2.05, 4.69) is 14.2 Å². The standard InChI is InChI=1S/7C6H12.3C4H8O2/c7*1-2-4-6-5-3-1;3*1-3-6-4(2)5/h7*1-6H2;3*3H2,1-2H3. The summed E-state index contributed by atoms with van der Waals surface area (Å²) < 4.78 is 13.2. The van der Waals surface area contributed by atoms with Crippen LogP contribution in [0.15, 0.2) is 0 Å². The molecule has 0 aliphatic heterocycles. The second-order valence-electron chi connectivity index (χ2n) is 17.6. The number of hydrogen-bond acceptors (Lipinski definition) is 6. The lowest BCUT2D eigenvalue weighted by atomic mass is 10.0. The quantitative estimate of drug-likeness (QED) is 0.208. The van der Waals surface area contributed by atoms with Crippen LogP contribution >= 0.6 is 0 Å². The van der Waals surface area contributed by atoms with E-state index in [1.54, 1.807) is 20.8 Å². The molecule has 0 bridgehead atoms. The van der Waals surface area contributed by atoms with Gasteiger partial charge in [0.05, 0.1) is 19.8 Å². The van der Waals surface area contributed by atoms with Gasteiger partial charge in [0.15, 0.2) is 0 Å². The van der Waals surface area contributed by atoms with E-state index < -0.39 is 0 Å². The van der Waals surface area contributed by atoms with Gasteiger partial charge in [0.1, 0.15) is 0 Å². The van der Waals surface area contributed by atoms with Gasteiger partial charge in [-0.15, -0.1) is 0 Å². The molecular weight excluding hydrogens is 745 g/mol. The van der Waals surface area contributed by atoms with E-state index >= 15 is 0 Å². The first-order valence-corrected chi connectivity index (χ1v) is 26.7. The van der Waals surface area contributed by atoms with Crippen LogP contribution in [-0.2, 0) is 28.6 Å². The zero-order chi connectivity index (χ0) is 44.7. The Bertz CT molecular complexity index is 549. The summed E-state index contributed by atoms with van der Waals surface area (Å²) in [5, 5.41) is 0. The molecule has 0 radical (unpaired) electrons. The number of hydrogen-bond donors (Lipinski definition) is 0. The van der Waals surface area contributed by atoms with Crippen LogP contribution in [0.25, 0.3) is 0 Å². The van der Waals surface area contributed by atoms with Crippen molar-refractivity contribution in [2.45, 2.75) is 311 Å². The van der Waals surface area contributed by atoms with Gasteiger partial charge in [-0.25, -0.2) is 0 Å². The monoisotopic (exact) mass is 853 g/mol. The van der Waals surface area contributed by atoms with Crippen molar-refractivity contribution in [3.8, 4) is 0 Å². The van der Waals surface area contributed by atoms with E-state index in [0.29, 0.717) is 19.8 Å². The lowest BCUT2D eigenvalue weighted by Crippen LogP contribution is -1.95. The Labute approximate surface area is 376 Å². The molecule has 6 heteroatoms. The third kappa shape index (κ3) is 70.9. The Kier molecular flexibility index (Phi) is 62.2. The molecule has 7 aliphatic carbocycles. The first-order valence-electron chi connectivity index (χ1n) is 26.7. The topological polar surface area (TPSA) is 78.9 Å². The highest BCUT2D eigenvalue weighted by Crippen LogP contribution is 2.18. The van der Waals surface area contributed by atoms with E-state index in [1.807, 2.05) is 0 Å². The molecule has 0 spiro atoms. The summed E-state index contributed by atoms with van der Waals surface area (Å²) in [5.74, 6) is -0.632. The maximum atomic E-state index is 9.82. The van der Waals surface area contributed by atoms with Crippen molar-refractivity contribution in [3.63, 3.8) is 0 Å². The van der Waals surface area contributed by atoms with Gasteiger partial charge in [0.2, 0.25) is 0 Å². The maximum absolute atomic E-state index is 9.82. The minimum absolute atomic E-state index is 0.211. The van der Waals surface area contributed by atoms with Crippen molar-refractivity contribution in [2.75, 3.05) is 19.8 Å². The molecule has 0 aromatic heterocycles. The molecule has 7 saturated carbocycles. The molecule has 360 valence electrons. The van der Waals surface area contributed by atoms with Crippen molar-refractivity contribution in [2.24, 2.45) is 0 Å². The minimum Gasteiger partial charge on any atom is -0.466 e. The number of carbonyl (C=O) groups excluding carboxylic acids is 3. The van der Waals surface area contributed by atoms with Crippen molar-refractivity contribution in [1.82, 2.24) is 0 Å². The molecular formula is C54H108O6. The third-order valence-electron chi connectivity index (χ3n) is 11.5. The van der Waals surface area contributed by atoms with Crippen molar-refractivity contribution in [1.29, 1.82) is 0 Å². The van der Waals surface area contributed by atoms with Gasteiger partial charge in [-0.05, 0) is 20.8 Å². The van der Waals surface area contributed by atoms with Crippen LogP contribution < -0.4 is 0 Å². The van der Waals surface area contributed by atoms with E-state index in [4.69, 9.17) is 0 Å². The van der Waals surface area contributed by atoms with Crippen LogP contribution in [0.2, 0.25) is 0 Å². The summed E-state index contributed by atoms with van der Waals surface area (Å²) >= 11 is 0. The van der Waals surface area contributed by atoms with Gasteiger partial charge < -0.3 is 14.2 Å². The summed E-state index contributed by atoms with van der Waals surface area (Å²) in [6.07, 6.45) is 63.0. The van der Waals surface area contributed by atoms with Gasteiger partial charge >= 0.3 is 17.9 Å². The van der Waals surface area contributed by atoms with Gasteiger partial charge in [-0.2, -0.15) is 0 Å². The Morgan fingerprint density at radius 1 is 0.217 bits per heavy atom. The number of carbonyl (C=O) groups is 3. The molecule has 0 aromatic carbocycles. The zero-order valence-electron chi connectivity index (χ0n) is 41.8. The number of ether oxygens (including phenoxy) is 3. The van der Waals surface area contributed by atoms with Crippen molar-refractivity contribution >= 4 is 17.9 Å². The summed E-state index contributed by atoms with van der Waals surface area (Å²) in [5.41, 5.74) is 0. The number of rotatable bonds is 3. The summed E-state index contributed by atoms with van der Waals surface area (Å²) in [4.78, 5) is 29.5.